The van der Waals surface area contributed by atoms with Gasteiger partial charge in [-0.3, -0.25) is 0 Å². The second-order valence-electron chi connectivity index (χ2n) is 5.43. The number of carbonyl (C=O) groups excluding carboxylic acids is 2. The molecule has 2 heterocycles. The minimum Gasteiger partial charge on any atom is -0.458 e. The summed E-state index contributed by atoms with van der Waals surface area (Å²) in [5, 5.41) is 0.233. The van der Waals surface area contributed by atoms with Gasteiger partial charge in [0, 0.05) is 17.1 Å². The third-order valence-electron chi connectivity index (χ3n) is 3.78. The Hall–Kier alpha value is -1.95. The van der Waals surface area contributed by atoms with Crippen LogP contribution >= 0.6 is 11.8 Å². The van der Waals surface area contributed by atoms with E-state index in [-0.39, 0.29) is 30.0 Å². The van der Waals surface area contributed by atoms with E-state index in [1.807, 2.05) is 30.3 Å². The van der Waals surface area contributed by atoms with Gasteiger partial charge in [-0.05, 0) is 18.4 Å². The quantitative estimate of drug-likeness (QED) is 0.588. The zero-order chi connectivity index (χ0) is 16.1. The molecule has 0 N–H and O–H groups in total. The Morgan fingerprint density at radius 3 is 2.96 bits per heavy atom. The van der Waals surface area contributed by atoms with Crippen molar-refractivity contribution in [3.8, 4) is 0 Å². The molecule has 3 atom stereocenters. The predicted molar refractivity (Wildman–Crippen MR) is 86.0 cm³/mol. The predicted octanol–water partition coefficient (Wildman–Crippen LogP) is 3.09. The van der Waals surface area contributed by atoms with Crippen LogP contribution in [0.3, 0.4) is 0 Å². The van der Waals surface area contributed by atoms with Crippen molar-refractivity contribution in [3.05, 3.63) is 48.0 Å². The van der Waals surface area contributed by atoms with Crippen molar-refractivity contribution in [2.45, 2.75) is 36.9 Å². The summed E-state index contributed by atoms with van der Waals surface area (Å²) in [4.78, 5) is 22.7. The number of hydrogen-bond donors (Lipinski definition) is 0. The van der Waals surface area contributed by atoms with Gasteiger partial charge in [-0.2, -0.15) is 11.8 Å². The zero-order valence-electron chi connectivity index (χ0n) is 12.6. The van der Waals surface area contributed by atoms with Crippen molar-refractivity contribution in [1.82, 2.24) is 0 Å². The zero-order valence-corrected chi connectivity index (χ0v) is 13.4. The highest BCUT2D eigenvalue weighted by Gasteiger charge is 2.46. The lowest BCUT2D eigenvalue weighted by atomic mass is 10.1. The molecule has 0 aliphatic carbocycles. The molecule has 2 saturated heterocycles. The lowest BCUT2D eigenvalue weighted by Gasteiger charge is -2.12. The summed E-state index contributed by atoms with van der Waals surface area (Å²) < 4.78 is 15.4. The number of ether oxygens (including phenoxy) is 3. The van der Waals surface area contributed by atoms with Gasteiger partial charge in [0.05, 0.1) is 0 Å². The molecule has 0 saturated carbocycles. The molecule has 2 aliphatic rings. The molecule has 0 aromatic heterocycles. The molecule has 6 heteroatoms. The van der Waals surface area contributed by atoms with Crippen LogP contribution in [0.25, 0.3) is 0 Å². The van der Waals surface area contributed by atoms with Gasteiger partial charge in [-0.1, -0.05) is 36.4 Å². The fourth-order valence-corrected chi connectivity index (χ4v) is 4.05. The smallest absolute Gasteiger partial charge is 0.458 e. The first kappa shape index (κ1) is 15.9. The van der Waals surface area contributed by atoms with Gasteiger partial charge >= 0.3 is 12.1 Å². The molecule has 1 aromatic carbocycles. The first-order valence-electron chi connectivity index (χ1n) is 7.58. The molecule has 122 valence electrons. The van der Waals surface area contributed by atoms with Crippen molar-refractivity contribution in [2.24, 2.45) is 0 Å². The highest BCUT2D eigenvalue weighted by molar-refractivity contribution is 8.00. The fraction of sp³-hybridized carbons (Fsp3) is 0.412. The number of fused-ring (bicyclic) bond motifs is 1. The summed E-state index contributed by atoms with van der Waals surface area (Å²) in [5.74, 6) is 0.436. The van der Waals surface area contributed by atoms with Crippen LogP contribution in [0.1, 0.15) is 18.4 Å². The molecule has 0 amide bonds. The average Bonchev–Trinajstić information content (AvgIpc) is 3.10. The van der Waals surface area contributed by atoms with E-state index in [1.54, 1.807) is 17.8 Å². The molecular weight excluding hydrogens is 316 g/mol. The van der Waals surface area contributed by atoms with Gasteiger partial charge < -0.3 is 14.2 Å². The van der Waals surface area contributed by atoms with E-state index in [4.69, 9.17) is 14.2 Å². The lowest BCUT2D eigenvalue weighted by molar-refractivity contribution is -0.139. The molecule has 1 aromatic rings. The van der Waals surface area contributed by atoms with Crippen LogP contribution in [-0.2, 0) is 25.6 Å². The molecular formula is C17H18O5S. The largest absolute Gasteiger partial charge is 0.509 e. The summed E-state index contributed by atoms with van der Waals surface area (Å²) >= 11 is 1.75. The van der Waals surface area contributed by atoms with Crippen molar-refractivity contribution >= 4 is 23.9 Å². The first-order valence-corrected chi connectivity index (χ1v) is 8.63. The standard InChI is InChI=1S/C17H18O5S/c18-15(20-10-12-6-2-1-3-7-12)9-5-4-8-14-16-13(11-23-14)21-17(19)22-16/h1-3,5-7,9,13-14,16H,4,8,10-11H2/b9-5+/t13?,14-,16-/m0/s1. The van der Waals surface area contributed by atoms with Gasteiger partial charge in [0.2, 0.25) is 0 Å². The maximum atomic E-state index is 11.6. The van der Waals surface area contributed by atoms with Gasteiger partial charge in [-0.25, -0.2) is 9.59 Å². The van der Waals surface area contributed by atoms with E-state index in [9.17, 15) is 9.59 Å². The first-order chi connectivity index (χ1) is 11.2. The monoisotopic (exact) mass is 334 g/mol. The number of rotatable bonds is 6. The van der Waals surface area contributed by atoms with Crippen LogP contribution in [0.2, 0.25) is 0 Å². The molecule has 3 rings (SSSR count). The molecule has 2 fully saturated rings. The van der Waals surface area contributed by atoms with E-state index in [0.717, 1.165) is 24.2 Å². The highest BCUT2D eigenvalue weighted by Crippen LogP contribution is 2.38. The van der Waals surface area contributed by atoms with Gasteiger partial charge in [0.1, 0.15) is 6.61 Å². The Balaban J connectivity index is 1.36. The van der Waals surface area contributed by atoms with Crippen LogP contribution in [0.5, 0.6) is 0 Å². The van der Waals surface area contributed by atoms with E-state index >= 15 is 0 Å². The highest BCUT2D eigenvalue weighted by atomic mass is 32.2. The summed E-state index contributed by atoms with van der Waals surface area (Å²) in [5.41, 5.74) is 0.964. The summed E-state index contributed by atoms with van der Waals surface area (Å²) in [6.45, 7) is 0.277. The Bertz CT molecular complexity index is 586. The van der Waals surface area contributed by atoms with E-state index in [1.165, 1.54) is 6.08 Å². The Morgan fingerprint density at radius 2 is 2.13 bits per heavy atom. The number of thioether (sulfide) groups is 1. The van der Waals surface area contributed by atoms with E-state index in [2.05, 4.69) is 0 Å². The van der Waals surface area contributed by atoms with Crippen LogP contribution in [0, 0.1) is 0 Å². The molecule has 5 nitrogen and oxygen atoms in total. The molecule has 0 radical (unpaired) electrons. The Kier molecular flexibility index (Phi) is 5.23. The summed E-state index contributed by atoms with van der Waals surface area (Å²) in [7, 11) is 0. The van der Waals surface area contributed by atoms with Gasteiger partial charge in [0.15, 0.2) is 12.2 Å². The maximum absolute atomic E-state index is 11.6. The fourth-order valence-electron chi connectivity index (χ4n) is 2.63. The topological polar surface area (TPSA) is 61.8 Å². The molecule has 0 spiro atoms. The molecule has 1 unspecified atom stereocenters. The third-order valence-corrected chi connectivity index (χ3v) is 5.24. The summed E-state index contributed by atoms with van der Waals surface area (Å²) in [6, 6.07) is 9.56. The van der Waals surface area contributed by atoms with Crippen LogP contribution < -0.4 is 0 Å². The minimum absolute atomic E-state index is 0.114. The van der Waals surface area contributed by atoms with Crippen LogP contribution in [0.4, 0.5) is 4.79 Å². The second kappa shape index (κ2) is 7.55. The number of benzene rings is 1. The maximum Gasteiger partial charge on any atom is 0.509 e. The van der Waals surface area contributed by atoms with E-state index < -0.39 is 6.16 Å². The van der Waals surface area contributed by atoms with Crippen molar-refractivity contribution < 1.29 is 23.8 Å². The number of carbonyl (C=O) groups is 2. The second-order valence-corrected chi connectivity index (χ2v) is 6.71. The SMILES string of the molecule is O=C(/C=C/CC[C@@H]1SCC2OC(=O)O[C@@H]21)OCc1ccccc1. The summed E-state index contributed by atoms with van der Waals surface area (Å²) in [6.07, 6.45) is 4.01. The third kappa shape index (κ3) is 4.28. The average molecular weight is 334 g/mol. The van der Waals surface area contributed by atoms with Crippen molar-refractivity contribution in [3.63, 3.8) is 0 Å². The molecule has 2 aliphatic heterocycles. The minimum atomic E-state index is -0.565. The van der Waals surface area contributed by atoms with Crippen LogP contribution in [-0.4, -0.2) is 35.3 Å². The Morgan fingerprint density at radius 1 is 1.30 bits per heavy atom. The Labute approximate surface area is 139 Å². The van der Waals surface area contributed by atoms with E-state index in [0.29, 0.717) is 0 Å². The van der Waals surface area contributed by atoms with Crippen LogP contribution in [0.15, 0.2) is 42.5 Å². The number of esters is 1. The number of allylic oxidation sites excluding steroid dienone is 1. The van der Waals surface area contributed by atoms with Crippen molar-refractivity contribution in [2.75, 3.05) is 5.75 Å². The van der Waals surface area contributed by atoms with Gasteiger partial charge in [-0.15, -0.1) is 0 Å². The molecule has 0 bridgehead atoms. The number of hydrogen-bond acceptors (Lipinski definition) is 6. The molecule has 23 heavy (non-hydrogen) atoms. The van der Waals surface area contributed by atoms with Gasteiger partial charge in [0.25, 0.3) is 0 Å². The normalized spacial score (nSPS) is 25.9. The lowest BCUT2D eigenvalue weighted by Crippen LogP contribution is -2.26. The van der Waals surface area contributed by atoms with Crippen molar-refractivity contribution in [1.29, 1.82) is 0 Å².